The van der Waals surface area contributed by atoms with Crippen LogP contribution in [0, 0.1) is 0 Å². The zero-order valence-corrected chi connectivity index (χ0v) is 18.9. The number of nitrogens with zero attached hydrogens (tertiary/aromatic N) is 2. The fourth-order valence-electron chi connectivity index (χ4n) is 4.76. The maximum absolute atomic E-state index is 12.8. The predicted octanol–water partition coefficient (Wildman–Crippen LogP) is 2.29. The molecule has 2 fully saturated rings. The van der Waals surface area contributed by atoms with Gasteiger partial charge in [0.25, 0.3) is 11.5 Å². The Bertz CT molecular complexity index is 1140. The average molecular weight is 492 g/mol. The Morgan fingerprint density at radius 3 is 2.37 bits per heavy atom. The molecule has 0 radical (unpaired) electrons. The summed E-state index contributed by atoms with van der Waals surface area (Å²) in [5, 5.41) is 14.6. The minimum Gasteiger partial charge on any atom is -0.508 e. The highest BCUT2D eigenvalue weighted by molar-refractivity contribution is 5.96. The van der Waals surface area contributed by atoms with E-state index in [-0.39, 0.29) is 35.5 Å². The van der Waals surface area contributed by atoms with Gasteiger partial charge < -0.3 is 20.3 Å². The van der Waals surface area contributed by atoms with Gasteiger partial charge in [0.2, 0.25) is 5.91 Å². The summed E-state index contributed by atoms with van der Waals surface area (Å²) in [7, 11) is 0. The molecule has 1 saturated heterocycles. The zero-order chi connectivity index (χ0) is 25.2. The second-order valence-electron chi connectivity index (χ2n) is 9.07. The summed E-state index contributed by atoms with van der Waals surface area (Å²) in [4.78, 5) is 38.7. The Labute approximate surface area is 199 Å². The Balaban J connectivity index is 1.17. The van der Waals surface area contributed by atoms with Gasteiger partial charge in [-0.2, -0.15) is 13.2 Å². The number of alkyl halides is 3. The van der Waals surface area contributed by atoms with Crippen LogP contribution in [0.5, 0.6) is 5.75 Å². The molecule has 0 bridgehead atoms. The number of hydrogen-bond donors (Lipinski definition) is 3. The van der Waals surface area contributed by atoms with Crippen LogP contribution < -0.4 is 16.2 Å². The number of aromatic nitrogens is 1. The highest BCUT2D eigenvalue weighted by Crippen LogP contribution is 2.32. The molecule has 11 heteroatoms. The molecular formula is C24H27F3N4O4. The lowest BCUT2D eigenvalue weighted by Gasteiger charge is -2.46. The Morgan fingerprint density at radius 1 is 1.03 bits per heavy atom. The first-order valence-corrected chi connectivity index (χ1v) is 11.5. The molecule has 2 heterocycles. The number of likely N-dealkylation sites (tertiary alicyclic amines) is 1. The van der Waals surface area contributed by atoms with Crippen molar-refractivity contribution in [2.45, 2.75) is 50.0 Å². The van der Waals surface area contributed by atoms with Crippen LogP contribution in [0.25, 0.3) is 0 Å². The van der Waals surface area contributed by atoms with Crippen LogP contribution in [0.15, 0.2) is 47.4 Å². The highest BCUT2D eigenvalue weighted by Gasteiger charge is 2.35. The zero-order valence-electron chi connectivity index (χ0n) is 18.9. The van der Waals surface area contributed by atoms with Gasteiger partial charge in [-0.3, -0.25) is 19.3 Å². The molecule has 0 unspecified atom stereocenters. The van der Waals surface area contributed by atoms with E-state index in [2.05, 4.69) is 15.5 Å². The number of aromatic hydroxyl groups is 1. The summed E-state index contributed by atoms with van der Waals surface area (Å²) in [5.41, 5.74) is -1.29. The Hall–Kier alpha value is -3.34. The molecule has 1 aromatic carbocycles. The third kappa shape index (κ3) is 6.02. The molecule has 8 nitrogen and oxygen atoms in total. The summed E-state index contributed by atoms with van der Waals surface area (Å²) in [6.07, 6.45) is 0.627. The lowest BCUT2D eigenvalue weighted by molar-refractivity contribution is -0.137. The third-order valence-corrected chi connectivity index (χ3v) is 6.64. The maximum atomic E-state index is 12.8. The first kappa shape index (κ1) is 24.8. The largest absolute Gasteiger partial charge is 0.508 e. The summed E-state index contributed by atoms with van der Waals surface area (Å²) < 4.78 is 40.1. The van der Waals surface area contributed by atoms with E-state index in [1.165, 1.54) is 18.2 Å². The van der Waals surface area contributed by atoms with Gasteiger partial charge >= 0.3 is 6.18 Å². The second-order valence-corrected chi connectivity index (χ2v) is 9.07. The second kappa shape index (κ2) is 10.1. The van der Waals surface area contributed by atoms with Crippen LogP contribution in [0.3, 0.4) is 0 Å². The molecule has 1 aliphatic heterocycles. The van der Waals surface area contributed by atoms with E-state index in [1.54, 1.807) is 10.8 Å². The normalized spacial score (nSPS) is 21.2. The van der Waals surface area contributed by atoms with Crippen LogP contribution in [-0.2, 0) is 11.0 Å². The Kier molecular flexibility index (Phi) is 7.15. The number of benzene rings is 1. The molecule has 188 valence electrons. The van der Waals surface area contributed by atoms with Crippen molar-refractivity contribution in [1.82, 2.24) is 20.1 Å². The molecule has 1 aliphatic carbocycles. The number of amides is 2. The van der Waals surface area contributed by atoms with Crippen molar-refractivity contribution in [2.24, 2.45) is 0 Å². The van der Waals surface area contributed by atoms with Gasteiger partial charge in [0, 0.05) is 43.0 Å². The number of rotatable bonds is 6. The standard InChI is InChI=1S/C24H27F3N4O4/c25-24(26,27)16-3-1-2-15(10-16)23(35)28-12-21(33)29-17-13-30(14-17)18-4-6-19(7-5-18)31-9-8-20(32)11-22(31)34/h1-3,8-11,17-19,32H,4-7,12-14H2,(H,28,35)(H,29,33)/t18-,19+. The number of carbonyl (C=O) groups is 2. The van der Waals surface area contributed by atoms with E-state index in [1.807, 2.05) is 0 Å². The van der Waals surface area contributed by atoms with Crippen molar-refractivity contribution in [2.75, 3.05) is 19.6 Å². The van der Waals surface area contributed by atoms with Gasteiger partial charge in [0.1, 0.15) is 5.75 Å². The minimum absolute atomic E-state index is 0.0381. The van der Waals surface area contributed by atoms with Gasteiger partial charge in [-0.05, 0) is 49.9 Å². The quantitative estimate of drug-likeness (QED) is 0.574. The van der Waals surface area contributed by atoms with Gasteiger partial charge in [0.15, 0.2) is 0 Å². The van der Waals surface area contributed by atoms with Crippen LogP contribution >= 0.6 is 0 Å². The monoisotopic (exact) mass is 492 g/mol. The first-order chi connectivity index (χ1) is 16.6. The van der Waals surface area contributed by atoms with Crippen molar-refractivity contribution in [3.63, 3.8) is 0 Å². The average Bonchev–Trinajstić information content (AvgIpc) is 2.79. The fraction of sp³-hybridized carbons (Fsp3) is 0.458. The fourth-order valence-corrected chi connectivity index (χ4v) is 4.76. The van der Waals surface area contributed by atoms with Gasteiger partial charge in [-0.15, -0.1) is 0 Å². The molecule has 0 spiro atoms. The lowest BCUT2D eigenvalue weighted by Crippen LogP contribution is -2.63. The number of carbonyl (C=O) groups excluding carboxylic acids is 2. The molecule has 1 aromatic heterocycles. The third-order valence-electron chi connectivity index (χ3n) is 6.64. The molecule has 35 heavy (non-hydrogen) atoms. The van der Waals surface area contributed by atoms with Crippen molar-refractivity contribution < 1.29 is 27.9 Å². The molecule has 3 N–H and O–H groups in total. The van der Waals surface area contributed by atoms with E-state index in [9.17, 15) is 32.7 Å². The number of nitrogens with one attached hydrogen (secondary N) is 2. The molecular weight excluding hydrogens is 465 g/mol. The smallest absolute Gasteiger partial charge is 0.416 e. The van der Waals surface area contributed by atoms with Crippen LogP contribution in [0.4, 0.5) is 13.2 Å². The molecule has 4 rings (SSSR count). The lowest BCUT2D eigenvalue weighted by atomic mass is 9.88. The topological polar surface area (TPSA) is 104 Å². The van der Waals surface area contributed by atoms with Crippen LogP contribution in [0.2, 0.25) is 0 Å². The van der Waals surface area contributed by atoms with Gasteiger partial charge in [0.05, 0.1) is 18.2 Å². The summed E-state index contributed by atoms with van der Waals surface area (Å²) in [6, 6.07) is 7.20. The van der Waals surface area contributed by atoms with E-state index in [0.717, 1.165) is 43.9 Å². The molecule has 0 atom stereocenters. The van der Waals surface area contributed by atoms with E-state index < -0.39 is 23.6 Å². The summed E-state index contributed by atoms with van der Waals surface area (Å²) in [5.74, 6) is -1.18. The minimum atomic E-state index is -4.55. The van der Waals surface area contributed by atoms with Gasteiger partial charge in [-0.25, -0.2) is 0 Å². The molecule has 2 aromatic rings. The van der Waals surface area contributed by atoms with Crippen molar-refractivity contribution in [3.05, 3.63) is 64.1 Å². The predicted molar refractivity (Wildman–Crippen MR) is 121 cm³/mol. The SMILES string of the molecule is O=C(CNC(=O)c1cccc(C(F)(F)F)c1)NC1CN([C@H]2CC[C@@H](n3ccc(O)cc3=O)CC2)C1. The summed E-state index contributed by atoms with van der Waals surface area (Å²) in [6.45, 7) is 1.04. The first-order valence-electron chi connectivity index (χ1n) is 11.5. The number of pyridine rings is 1. The number of halogens is 3. The molecule has 2 aliphatic rings. The van der Waals surface area contributed by atoms with E-state index in [4.69, 9.17) is 0 Å². The van der Waals surface area contributed by atoms with E-state index in [0.29, 0.717) is 19.1 Å². The maximum Gasteiger partial charge on any atom is 0.416 e. The van der Waals surface area contributed by atoms with Crippen LogP contribution in [-0.4, -0.2) is 58.1 Å². The molecule has 2 amide bonds. The Morgan fingerprint density at radius 2 is 1.71 bits per heavy atom. The van der Waals surface area contributed by atoms with Crippen molar-refractivity contribution in [1.29, 1.82) is 0 Å². The van der Waals surface area contributed by atoms with Crippen molar-refractivity contribution in [3.8, 4) is 5.75 Å². The molecule has 1 saturated carbocycles. The highest BCUT2D eigenvalue weighted by atomic mass is 19.4. The number of hydrogen-bond acceptors (Lipinski definition) is 5. The van der Waals surface area contributed by atoms with Gasteiger partial charge in [-0.1, -0.05) is 6.07 Å². The van der Waals surface area contributed by atoms with Crippen LogP contribution in [0.1, 0.15) is 47.6 Å². The van der Waals surface area contributed by atoms with Crippen molar-refractivity contribution >= 4 is 11.8 Å². The van der Waals surface area contributed by atoms with E-state index >= 15 is 0 Å². The summed E-state index contributed by atoms with van der Waals surface area (Å²) >= 11 is 0.